The summed E-state index contributed by atoms with van der Waals surface area (Å²) in [7, 11) is 0. The molecule has 0 fully saturated rings. The Hall–Kier alpha value is -1.53. The van der Waals surface area contributed by atoms with Crippen LogP contribution < -0.4 is 0 Å². The summed E-state index contributed by atoms with van der Waals surface area (Å²) in [6.07, 6.45) is -0.608. The molecule has 0 radical (unpaired) electrons. The molecule has 4 nitrogen and oxygen atoms in total. The number of hydrogen-bond acceptors (Lipinski definition) is 3. The Balaban J connectivity index is 2.07. The number of fused-ring (bicyclic) bond motifs is 1. The molecule has 0 saturated carbocycles. The predicted octanol–water partition coefficient (Wildman–Crippen LogP) is 2.99. The number of halogens is 2. The summed E-state index contributed by atoms with van der Waals surface area (Å²) in [5, 5.41) is 10.3. The van der Waals surface area contributed by atoms with Gasteiger partial charge in [0.15, 0.2) is 0 Å². The molecule has 0 aliphatic rings. The maximum absolute atomic E-state index is 12.6. The largest absolute Gasteiger partial charge is 0.390 e. The van der Waals surface area contributed by atoms with Gasteiger partial charge in [-0.25, -0.2) is 13.8 Å². The molecule has 0 aliphatic carbocycles. The molecule has 6 heteroatoms. The lowest BCUT2D eigenvalue weighted by Crippen LogP contribution is -2.38. The van der Waals surface area contributed by atoms with Crippen molar-refractivity contribution in [3.05, 3.63) is 29.6 Å². The third-order valence-corrected chi connectivity index (χ3v) is 4.05. The average Bonchev–Trinajstić information content (AvgIpc) is 2.81. The third-order valence-electron chi connectivity index (χ3n) is 4.05. The Labute approximate surface area is 135 Å². The van der Waals surface area contributed by atoms with Crippen LogP contribution in [0.5, 0.6) is 0 Å². The fourth-order valence-electron chi connectivity index (χ4n) is 2.81. The minimum Gasteiger partial charge on any atom is -0.390 e. The molecule has 128 valence electrons. The fourth-order valence-corrected chi connectivity index (χ4v) is 2.81. The van der Waals surface area contributed by atoms with Crippen LogP contribution >= 0.6 is 0 Å². The van der Waals surface area contributed by atoms with Crippen LogP contribution in [-0.4, -0.2) is 51.7 Å². The molecule has 0 amide bonds. The Morgan fingerprint density at radius 3 is 2.57 bits per heavy atom. The molecule has 0 spiro atoms. The first-order valence-corrected chi connectivity index (χ1v) is 8.01. The van der Waals surface area contributed by atoms with E-state index in [1.807, 2.05) is 37.5 Å². The van der Waals surface area contributed by atoms with Crippen molar-refractivity contribution in [1.82, 2.24) is 14.5 Å². The first kappa shape index (κ1) is 17.8. The molecule has 2 aromatic rings. The summed E-state index contributed by atoms with van der Waals surface area (Å²) in [6.45, 7) is 6.87. The number of aryl methyl sites for hydroxylation is 2. The second-order valence-electron chi connectivity index (χ2n) is 6.13. The first-order valence-electron chi connectivity index (χ1n) is 8.01. The summed E-state index contributed by atoms with van der Waals surface area (Å²) >= 11 is 0. The maximum atomic E-state index is 12.6. The van der Waals surface area contributed by atoms with Gasteiger partial charge >= 0.3 is 0 Å². The molecule has 2 rings (SSSR count). The molecule has 23 heavy (non-hydrogen) atoms. The monoisotopic (exact) mass is 325 g/mol. The van der Waals surface area contributed by atoms with Crippen LogP contribution in [0.15, 0.2) is 18.5 Å². The fraction of sp³-hybridized carbons (Fsp3) is 0.588. The van der Waals surface area contributed by atoms with Gasteiger partial charge < -0.3 is 9.67 Å². The number of rotatable bonds is 8. The summed E-state index contributed by atoms with van der Waals surface area (Å²) in [5.41, 5.74) is 4.19. The highest BCUT2D eigenvalue weighted by atomic mass is 19.3. The van der Waals surface area contributed by atoms with Gasteiger partial charge in [0.05, 0.1) is 36.6 Å². The lowest BCUT2D eigenvalue weighted by atomic mass is 10.1. The smallest absolute Gasteiger partial charge is 0.251 e. The van der Waals surface area contributed by atoms with E-state index in [-0.39, 0.29) is 13.1 Å². The van der Waals surface area contributed by atoms with Crippen molar-refractivity contribution in [2.24, 2.45) is 0 Å². The molecule has 1 aromatic heterocycles. The van der Waals surface area contributed by atoms with Gasteiger partial charge in [-0.2, -0.15) is 0 Å². The zero-order valence-electron chi connectivity index (χ0n) is 14.0. The van der Waals surface area contributed by atoms with Crippen LogP contribution in [0.3, 0.4) is 0 Å². The molecule has 1 N–H and O–H groups in total. The van der Waals surface area contributed by atoms with Crippen molar-refractivity contribution in [2.75, 3.05) is 19.6 Å². The van der Waals surface area contributed by atoms with Crippen molar-refractivity contribution in [3.8, 4) is 0 Å². The zero-order valence-corrected chi connectivity index (χ0v) is 14.0. The third kappa shape index (κ3) is 4.72. The molecule has 1 aromatic carbocycles. The Morgan fingerprint density at radius 1 is 1.22 bits per heavy atom. The van der Waals surface area contributed by atoms with Gasteiger partial charge in [-0.05, 0) is 50.1 Å². The molecule has 0 saturated heterocycles. The number of alkyl halides is 2. The van der Waals surface area contributed by atoms with E-state index in [0.29, 0.717) is 13.1 Å². The summed E-state index contributed by atoms with van der Waals surface area (Å²) in [5.74, 6) is 0. The van der Waals surface area contributed by atoms with Crippen molar-refractivity contribution in [2.45, 2.75) is 46.3 Å². The van der Waals surface area contributed by atoms with Crippen molar-refractivity contribution in [3.63, 3.8) is 0 Å². The standard InChI is InChI=1S/C17H25F2N3O/c1-4-5-21(10-17(18)19)8-14(23)9-22-11-20-15-6-12(2)13(3)7-16(15)22/h6-7,11,14,17,23H,4-5,8-10H2,1-3H3. The SMILES string of the molecule is CCCN(CC(F)F)CC(O)Cn1cnc2cc(C)c(C)cc21. The van der Waals surface area contributed by atoms with Gasteiger partial charge in [0.1, 0.15) is 0 Å². The van der Waals surface area contributed by atoms with Crippen molar-refractivity contribution >= 4 is 11.0 Å². The second kappa shape index (κ2) is 7.84. The van der Waals surface area contributed by atoms with E-state index in [4.69, 9.17) is 0 Å². The highest BCUT2D eigenvalue weighted by molar-refractivity contribution is 5.77. The van der Waals surface area contributed by atoms with Crippen LogP contribution in [0, 0.1) is 13.8 Å². The Kier molecular flexibility index (Phi) is 6.07. The molecule has 0 aliphatic heterocycles. The van der Waals surface area contributed by atoms with E-state index in [0.717, 1.165) is 17.5 Å². The Morgan fingerprint density at radius 2 is 1.91 bits per heavy atom. The predicted molar refractivity (Wildman–Crippen MR) is 87.9 cm³/mol. The zero-order chi connectivity index (χ0) is 17.0. The number of aliphatic hydroxyl groups excluding tert-OH is 1. The first-order chi connectivity index (χ1) is 10.9. The number of nitrogens with zero attached hydrogens (tertiary/aromatic N) is 3. The number of benzene rings is 1. The summed E-state index contributed by atoms with van der Waals surface area (Å²) in [4.78, 5) is 5.97. The molecule has 0 bridgehead atoms. The van der Waals surface area contributed by atoms with Crippen LogP contribution in [-0.2, 0) is 6.54 Å². The van der Waals surface area contributed by atoms with E-state index in [1.54, 1.807) is 11.2 Å². The molecule has 1 unspecified atom stereocenters. The molecular formula is C17H25F2N3O. The lowest BCUT2D eigenvalue weighted by Gasteiger charge is -2.24. The summed E-state index contributed by atoms with van der Waals surface area (Å²) < 4.78 is 27.1. The minimum atomic E-state index is -2.38. The van der Waals surface area contributed by atoms with Gasteiger partial charge in [0.25, 0.3) is 6.43 Å². The van der Waals surface area contributed by atoms with Gasteiger partial charge in [-0.3, -0.25) is 4.90 Å². The van der Waals surface area contributed by atoms with Crippen molar-refractivity contribution < 1.29 is 13.9 Å². The van der Waals surface area contributed by atoms with E-state index in [1.165, 1.54) is 11.1 Å². The highest BCUT2D eigenvalue weighted by Crippen LogP contribution is 2.18. The quantitative estimate of drug-likeness (QED) is 0.811. The van der Waals surface area contributed by atoms with Crippen molar-refractivity contribution in [1.29, 1.82) is 0 Å². The van der Waals surface area contributed by atoms with E-state index >= 15 is 0 Å². The minimum absolute atomic E-state index is 0.239. The number of aromatic nitrogens is 2. The topological polar surface area (TPSA) is 41.3 Å². The summed E-state index contributed by atoms with van der Waals surface area (Å²) in [6, 6.07) is 4.07. The highest BCUT2D eigenvalue weighted by Gasteiger charge is 2.16. The van der Waals surface area contributed by atoms with Gasteiger partial charge in [-0.1, -0.05) is 6.92 Å². The number of imidazole rings is 1. The van der Waals surface area contributed by atoms with Crippen LogP contribution in [0.1, 0.15) is 24.5 Å². The van der Waals surface area contributed by atoms with Crippen LogP contribution in [0.2, 0.25) is 0 Å². The normalized spacial score (nSPS) is 13.4. The Bertz CT molecular complexity index is 642. The van der Waals surface area contributed by atoms with E-state index in [9.17, 15) is 13.9 Å². The van der Waals surface area contributed by atoms with Gasteiger partial charge in [-0.15, -0.1) is 0 Å². The van der Waals surface area contributed by atoms with Crippen LogP contribution in [0.25, 0.3) is 11.0 Å². The maximum Gasteiger partial charge on any atom is 0.251 e. The molecular weight excluding hydrogens is 300 g/mol. The number of hydrogen-bond donors (Lipinski definition) is 1. The van der Waals surface area contributed by atoms with Crippen LogP contribution in [0.4, 0.5) is 8.78 Å². The van der Waals surface area contributed by atoms with E-state index in [2.05, 4.69) is 4.98 Å². The number of aliphatic hydroxyl groups is 1. The van der Waals surface area contributed by atoms with Gasteiger partial charge in [0, 0.05) is 6.54 Å². The molecule has 1 atom stereocenters. The van der Waals surface area contributed by atoms with Gasteiger partial charge in [0.2, 0.25) is 0 Å². The van der Waals surface area contributed by atoms with E-state index < -0.39 is 12.5 Å². The lowest BCUT2D eigenvalue weighted by molar-refractivity contribution is 0.0497. The average molecular weight is 325 g/mol. The second-order valence-corrected chi connectivity index (χ2v) is 6.13. The molecule has 1 heterocycles.